The molecular formula is C41H52N4O3Si. The van der Waals surface area contributed by atoms with E-state index in [9.17, 15) is 0 Å². The average Bonchev–Trinajstić information content (AvgIpc) is 3.73. The first-order valence-corrected chi connectivity index (χ1v) is 20.6. The zero-order valence-electron chi connectivity index (χ0n) is 30.1. The Kier molecular flexibility index (Phi) is 10.8. The van der Waals surface area contributed by atoms with Crippen molar-refractivity contribution in [2.75, 3.05) is 33.4 Å². The molecule has 6 rings (SSSR count). The van der Waals surface area contributed by atoms with Crippen LogP contribution in [0.1, 0.15) is 50.3 Å². The fourth-order valence-corrected chi connectivity index (χ4v) is 7.18. The van der Waals surface area contributed by atoms with Crippen LogP contribution in [0.4, 0.5) is 0 Å². The number of ether oxygens (including phenoxy) is 2. The van der Waals surface area contributed by atoms with Crippen LogP contribution in [-0.4, -0.2) is 56.1 Å². The Morgan fingerprint density at radius 1 is 0.816 bits per heavy atom. The highest BCUT2D eigenvalue weighted by Gasteiger charge is 2.39. The molecule has 2 heterocycles. The summed E-state index contributed by atoms with van der Waals surface area (Å²) in [7, 11) is -0.260. The number of imidazole rings is 1. The van der Waals surface area contributed by atoms with Crippen LogP contribution in [0.5, 0.6) is 17.2 Å². The molecule has 49 heavy (non-hydrogen) atoms. The molecule has 0 bridgehead atoms. The second-order valence-corrected chi connectivity index (χ2v) is 19.4. The Morgan fingerprint density at radius 2 is 1.55 bits per heavy atom. The monoisotopic (exact) mass is 676 g/mol. The molecule has 0 aliphatic carbocycles. The quantitative estimate of drug-likeness (QED) is 0.119. The molecule has 0 atom stereocenters. The highest BCUT2D eigenvalue weighted by Crippen LogP contribution is 2.38. The van der Waals surface area contributed by atoms with Gasteiger partial charge in [-0.05, 0) is 97.7 Å². The van der Waals surface area contributed by atoms with Crippen LogP contribution in [0.3, 0.4) is 0 Å². The number of aromatic nitrogens is 2. The normalized spacial score (nSPS) is 14.0. The van der Waals surface area contributed by atoms with Gasteiger partial charge in [0.25, 0.3) is 0 Å². The third kappa shape index (κ3) is 8.55. The van der Waals surface area contributed by atoms with E-state index in [-0.39, 0.29) is 5.04 Å². The zero-order chi connectivity index (χ0) is 34.4. The number of methoxy groups -OCH3 is 1. The summed E-state index contributed by atoms with van der Waals surface area (Å²) in [5.74, 6) is 3.56. The third-order valence-corrected chi connectivity index (χ3v) is 14.4. The maximum Gasteiger partial charge on any atom is 0.250 e. The molecule has 0 unspecified atom stereocenters. The molecule has 0 spiro atoms. The van der Waals surface area contributed by atoms with E-state index in [1.54, 1.807) is 7.11 Å². The minimum Gasteiger partial charge on any atom is -0.543 e. The van der Waals surface area contributed by atoms with E-state index in [1.807, 2.05) is 6.07 Å². The van der Waals surface area contributed by atoms with Crippen molar-refractivity contribution in [3.05, 3.63) is 108 Å². The third-order valence-electron chi connectivity index (χ3n) is 10.1. The Hall–Kier alpha value is -4.11. The van der Waals surface area contributed by atoms with Crippen molar-refractivity contribution in [2.45, 2.75) is 71.4 Å². The van der Waals surface area contributed by atoms with Gasteiger partial charge in [0.2, 0.25) is 8.32 Å². The summed E-state index contributed by atoms with van der Waals surface area (Å²) in [4.78, 5) is 7.69. The van der Waals surface area contributed by atoms with Gasteiger partial charge in [-0.3, -0.25) is 4.90 Å². The number of rotatable bonds is 14. The number of likely N-dealkylation sites (tertiary alicyclic amines) is 1. The molecule has 1 aliphatic rings. The van der Waals surface area contributed by atoms with Crippen molar-refractivity contribution >= 4 is 19.4 Å². The van der Waals surface area contributed by atoms with Gasteiger partial charge in [-0.25, -0.2) is 4.98 Å². The molecule has 1 aliphatic heterocycles. The minimum atomic E-state index is -2.01. The molecule has 258 valence electrons. The van der Waals surface area contributed by atoms with Crippen molar-refractivity contribution < 1.29 is 13.9 Å². The first-order valence-electron chi connectivity index (χ1n) is 17.6. The Morgan fingerprint density at radius 3 is 2.27 bits per heavy atom. The second-order valence-electron chi connectivity index (χ2n) is 14.7. The molecule has 0 amide bonds. The summed E-state index contributed by atoms with van der Waals surface area (Å²) in [6.07, 6.45) is 2.59. The maximum absolute atomic E-state index is 6.69. The van der Waals surface area contributed by atoms with E-state index >= 15 is 0 Å². The molecule has 7 nitrogen and oxygen atoms in total. The minimum absolute atomic E-state index is 0.104. The summed E-state index contributed by atoms with van der Waals surface area (Å²) in [6.45, 7) is 17.6. The Labute approximate surface area is 293 Å². The van der Waals surface area contributed by atoms with Crippen LogP contribution in [0, 0.1) is 0 Å². The van der Waals surface area contributed by atoms with Gasteiger partial charge in [0.15, 0.2) is 0 Å². The molecule has 0 saturated carbocycles. The number of nitrogens with zero attached hydrogens (tertiary/aromatic N) is 3. The molecule has 0 radical (unpaired) electrons. The molecule has 8 heteroatoms. The summed E-state index contributed by atoms with van der Waals surface area (Å²) >= 11 is 0. The van der Waals surface area contributed by atoms with Gasteiger partial charge < -0.3 is 23.8 Å². The topological polar surface area (TPSA) is 60.8 Å². The van der Waals surface area contributed by atoms with Gasteiger partial charge in [-0.15, -0.1) is 0 Å². The molecule has 1 saturated heterocycles. The molecule has 1 fully saturated rings. The van der Waals surface area contributed by atoms with Gasteiger partial charge in [-0.1, -0.05) is 63.2 Å². The van der Waals surface area contributed by atoms with Crippen molar-refractivity contribution in [1.29, 1.82) is 0 Å². The zero-order valence-corrected chi connectivity index (χ0v) is 31.1. The number of hydrogen-bond donors (Lipinski definition) is 1. The van der Waals surface area contributed by atoms with Crippen LogP contribution in [0.15, 0.2) is 91.0 Å². The highest BCUT2D eigenvalue weighted by atomic mass is 28.4. The van der Waals surface area contributed by atoms with Crippen LogP contribution in [-0.2, 0) is 19.6 Å². The maximum atomic E-state index is 6.69. The molecule has 5 aromatic rings. The lowest BCUT2D eigenvalue weighted by atomic mass is 10.1. The van der Waals surface area contributed by atoms with Crippen LogP contribution < -0.4 is 19.2 Å². The van der Waals surface area contributed by atoms with Crippen LogP contribution in [0.2, 0.25) is 18.1 Å². The molecule has 4 aromatic carbocycles. The fourth-order valence-electron chi connectivity index (χ4n) is 6.15. The van der Waals surface area contributed by atoms with Crippen molar-refractivity contribution in [3.63, 3.8) is 0 Å². The fraction of sp³-hybridized carbons (Fsp3) is 0.390. The van der Waals surface area contributed by atoms with Crippen LogP contribution >= 0.6 is 0 Å². The predicted molar refractivity (Wildman–Crippen MR) is 203 cm³/mol. The largest absolute Gasteiger partial charge is 0.543 e. The first-order chi connectivity index (χ1) is 23.6. The summed E-state index contributed by atoms with van der Waals surface area (Å²) in [6, 6.07) is 31.7. The van der Waals surface area contributed by atoms with Crippen molar-refractivity contribution in [2.24, 2.45) is 0 Å². The summed E-state index contributed by atoms with van der Waals surface area (Å²) in [5.41, 5.74) is 6.57. The second kappa shape index (κ2) is 15.2. The van der Waals surface area contributed by atoms with Crippen LogP contribution in [0.25, 0.3) is 22.4 Å². The summed E-state index contributed by atoms with van der Waals surface area (Å²) in [5, 5.41) is 3.66. The lowest BCUT2D eigenvalue weighted by Gasteiger charge is -2.36. The number of hydrogen-bond acceptors (Lipinski definition) is 6. The van der Waals surface area contributed by atoms with Gasteiger partial charge in [0.1, 0.15) is 29.7 Å². The van der Waals surface area contributed by atoms with Gasteiger partial charge in [0, 0.05) is 43.4 Å². The average molecular weight is 677 g/mol. The lowest BCUT2D eigenvalue weighted by Crippen LogP contribution is -2.43. The SMILES string of the molecule is COc1cc(Cn2c(-c3ccc(OCCN4CCCC4)cc3)nc3cc(O[Si](C)(C)C(C)(C)C)ccc32)ccc1CNCc1ccccc1. The lowest BCUT2D eigenvalue weighted by molar-refractivity contribution is 0.238. The molecular weight excluding hydrogens is 625 g/mol. The first kappa shape index (κ1) is 34.7. The van der Waals surface area contributed by atoms with E-state index in [1.165, 1.54) is 31.5 Å². The highest BCUT2D eigenvalue weighted by molar-refractivity contribution is 6.74. The Balaban J connectivity index is 1.26. The van der Waals surface area contributed by atoms with E-state index < -0.39 is 8.32 Å². The molecule has 1 aromatic heterocycles. The molecule has 1 N–H and O–H groups in total. The number of nitrogens with one attached hydrogen (secondary N) is 1. The van der Waals surface area contributed by atoms with Gasteiger partial charge >= 0.3 is 0 Å². The van der Waals surface area contributed by atoms with E-state index in [0.717, 1.165) is 70.4 Å². The van der Waals surface area contributed by atoms with Gasteiger partial charge in [-0.2, -0.15) is 0 Å². The van der Waals surface area contributed by atoms with E-state index in [0.29, 0.717) is 13.2 Å². The van der Waals surface area contributed by atoms with E-state index in [4.69, 9.17) is 18.9 Å². The van der Waals surface area contributed by atoms with Gasteiger partial charge in [0.05, 0.1) is 18.1 Å². The smallest absolute Gasteiger partial charge is 0.250 e. The predicted octanol–water partition coefficient (Wildman–Crippen LogP) is 8.91. The Bertz CT molecular complexity index is 1820. The standard InChI is InChI=1S/C41H52N4O3Si/c1-41(2,3)49(5,6)48-36-20-21-38-37(27-36)43-40(33-16-18-35(19-17-33)47-25-24-44-22-10-11-23-44)45(38)30-32-14-15-34(39(26-32)46-4)29-42-28-31-12-8-7-9-13-31/h7-9,12-21,26-27,42H,10-11,22-25,28-30H2,1-6H3. The number of fused-ring (bicyclic) bond motifs is 1. The van der Waals surface area contributed by atoms with E-state index in [2.05, 4.69) is 134 Å². The van der Waals surface area contributed by atoms with Crippen molar-refractivity contribution in [1.82, 2.24) is 19.8 Å². The summed E-state index contributed by atoms with van der Waals surface area (Å²) < 4.78 is 21.0. The van der Waals surface area contributed by atoms with Crippen molar-refractivity contribution in [3.8, 4) is 28.6 Å². The number of benzene rings is 4.